The maximum atomic E-state index is 13.6. The predicted molar refractivity (Wildman–Crippen MR) is 82.5 cm³/mol. The first kappa shape index (κ1) is 13.7. The largest absolute Gasteiger partial charge is 0.465 e. The standard InChI is InChI=1S/C14H14FIN2O2/c15-11-1-2-12-10(13(11)16)5-8-18(12)9-3-6-17(7-4-9)14(19)20/h1-2,5,8-9H,3-4,6-7H2,(H,19,20). The molecule has 1 N–H and O–H groups in total. The van der Waals surface area contributed by atoms with Gasteiger partial charge in [0, 0.05) is 36.2 Å². The van der Waals surface area contributed by atoms with Crippen LogP contribution in [0.4, 0.5) is 9.18 Å². The molecule has 0 saturated carbocycles. The van der Waals surface area contributed by atoms with Gasteiger partial charge < -0.3 is 14.6 Å². The summed E-state index contributed by atoms with van der Waals surface area (Å²) in [5.74, 6) is -0.198. The number of amides is 1. The van der Waals surface area contributed by atoms with Gasteiger partial charge in [0.2, 0.25) is 0 Å². The molecule has 1 aliphatic heterocycles. The average molecular weight is 388 g/mol. The summed E-state index contributed by atoms with van der Waals surface area (Å²) < 4.78 is 16.3. The van der Waals surface area contributed by atoms with Crippen molar-refractivity contribution in [3.8, 4) is 0 Å². The number of rotatable bonds is 1. The average Bonchev–Trinajstić information content (AvgIpc) is 2.87. The van der Waals surface area contributed by atoms with E-state index in [0.717, 1.165) is 23.7 Å². The predicted octanol–water partition coefficient (Wildman–Crippen LogP) is 3.70. The second kappa shape index (κ2) is 5.23. The van der Waals surface area contributed by atoms with E-state index in [9.17, 15) is 9.18 Å². The molecule has 0 unspecified atom stereocenters. The van der Waals surface area contributed by atoms with Crippen molar-refractivity contribution < 1.29 is 14.3 Å². The molecule has 1 aromatic carbocycles. The highest BCUT2D eigenvalue weighted by Crippen LogP contribution is 2.30. The highest BCUT2D eigenvalue weighted by molar-refractivity contribution is 14.1. The first-order valence-corrected chi connectivity index (χ1v) is 7.58. The fourth-order valence-corrected chi connectivity index (χ4v) is 3.46. The Morgan fingerprint density at radius 2 is 2.00 bits per heavy atom. The van der Waals surface area contributed by atoms with Crippen LogP contribution in [0.2, 0.25) is 0 Å². The van der Waals surface area contributed by atoms with Crippen LogP contribution in [0, 0.1) is 9.39 Å². The monoisotopic (exact) mass is 388 g/mol. The topological polar surface area (TPSA) is 45.5 Å². The van der Waals surface area contributed by atoms with E-state index in [1.54, 1.807) is 6.07 Å². The molecule has 2 heterocycles. The normalized spacial score (nSPS) is 16.8. The molecule has 4 nitrogen and oxygen atoms in total. The summed E-state index contributed by atoms with van der Waals surface area (Å²) in [7, 11) is 0. The third kappa shape index (κ3) is 2.25. The van der Waals surface area contributed by atoms with Crippen LogP contribution in [-0.2, 0) is 0 Å². The van der Waals surface area contributed by atoms with Crippen molar-refractivity contribution in [3.63, 3.8) is 0 Å². The minimum absolute atomic E-state index is 0.198. The zero-order valence-corrected chi connectivity index (χ0v) is 12.9. The van der Waals surface area contributed by atoms with Crippen molar-refractivity contribution in [1.29, 1.82) is 0 Å². The molecule has 0 spiro atoms. The third-order valence-corrected chi connectivity index (χ3v) is 5.01. The molecule has 0 bridgehead atoms. The van der Waals surface area contributed by atoms with Gasteiger partial charge in [0.25, 0.3) is 0 Å². The lowest BCUT2D eigenvalue weighted by atomic mass is 10.1. The smallest absolute Gasteiger partial charge is 0.407 e. The van der Waals surface area contributed by atoms with Crippen molar-refractivity contribution in [3.05, 3.63) is 33.8 Å². The van der Waals surface area contributed by atoms with Gasteiger partial charge in [0.15, 0.2) is 0 Å². The van der Waals surface area contributed by atoms with Crippen LogP contribution in [0.15, 0.2) is 24.4 Å². The van der Waals surface area contributed by atoms with Crippen molar-refractivity contribution in [2.45, 2.75) is 18.9 Å². The fourth-order valence-electron chi connectivity index (χ4n) is 2.83. The third-order valence-electron chi connectivity index (χ3n) is 3.92. The van der Waals surface area contributed by atoms with E-state index in [1.807, 2.05) is 34.9 Å². The number of benzene rings is 1. The van der Waals surface area contributed by atoms with Gasteiger partial charge in [0.1, 0.15) is 5.82 Å². The summed E-state index contributed by atoms with van der Waals surface area (Å²) in [4.78, 5) is 12.4. The van der Waals surface area contributed by atoms with Crippen LogP contribution < -0.4 is 0 Å². The SMILES string of the molecule is O=C(O)N1CCC(n2ccc3c(I)c(F)ccc32)CC1. The number of aromatic nitrogens is 1. The number of hydrogen-bond donors (Lipinski definition) is 1. The van der Waals surface area contributed by atoms with E-state index in [4.69, 9.17) is 5.11 Å². The number of halogens is 2. The van der Waals surface area contributed by atoms with Gasteiger partial charge in [0.05, 0.1) is 3.57 Å². The number of hydrogen-bond acceptors (Lipinski definition) is 1. The first-order chi connectivity index (χ1) is 9.58. The number of likely N-dealkylation sites (tertiary alicyclic amines) is 1. The van der Waals surface area contributed by atoms with Crippen LogP contribution in [0.5, 0.6) is 0 Å². The summed E-state index contributed by atoms with van der Waals surface area (Å²) in [5.41, 5.74) is 1.02. The van der Waals surface area contributed by atoms with Crippen LogP contribution in [0.1, 0.15) is 18.9 Å². The molecule has 2 aromatic rings. The molecule has 0 radical (unpaired) electrons. The minimum Gasteiger partial charge on any atom is -0.465 e. The van der Waals surface area contributed by atoms with E-state index in [1.165, 1.54) is 11.0 Å². The Morgan fingerprint density at radius 1 is 1.30 bits per heavy atom. The maximum Gasteiger partial charge on any atom is 0.407 e. The molecule has 106 valence electrons. The van der Waals surface area contributed by atoms with Gasteiger partial charge in [-0.15, -0.1) is 0 Å². The lowest BCUT2D eigenvalue weighted by Gasteiger charge is -2.31. The van der Waals surface area contributed by atoms with Gasteiger partial charge in [-0.1, -0.05) is 0 Å². The van der Waals surface area contributed by atoms with Gasteiger partial charge in [-0.05, 0) is 53.6 Å². The maximum absolute atomic E-state index is 13.6. The highest BCUT2D eigenvalue weighted by Gasteiger charge is 2.24. The molecule has 1 fully saturated rings. The molecular weight excluding hydrogens is 374 g/mol. The molecule has 1 amide bonds. The Bertz CT molecular complexity index is 662. The Hall–Kier alpha value is -1.31. The summed E-state index contributed by atoms with van der Waals surface area (Å²) in [6.07, 6.45) is 2.72. The molecule has 0 atom stereocenters. The Balaban J connectivity index is 1.89. The van der Waals surface area contributed by atoms with Crippen LogP contribution in [0.3, 0.4) is 0 Å². The van der Waals surface area contributed by atoms with Gasteiger partial charge in [-0.2, -0.15) is 0 Å². The summed E-state index contributed by atoms with van der Waals surface area (Å²) in [6, 6.07) is 5.51. The van der Waals surface area contributed by atoms with Crippen LogP contribution >= 0.6 is 22.6 Å². The van der Waals surface area contributed by atoms with E-state index in [0.29, 0.717) is 16.7 Å². The number of carboxylic acid groups (broad SMARTS) is 1. The van der Waals surface area contributed by atoms with E-state index < -0.39 is 6.09 Å². The van der Waals surface area contributed by atoms with Crippen LogP contribution in [-0.4, -0.2) is 33.8 Å². The zero-order valence-electron chi connectivity index (χ0n) is 10.7. The second-order valence-electron chi connectivity index (χ2n) is 5.02. The highest BCUT2D eigenvalue weighted by atomic mass is 127. The summed E-state index contributed by atoms with van der Waals surface area (Å²) >= 11 is 2.02. The van der Waals surface area contributed by atoms with Crippen molar-refractivity contribution in [1.82, 2.24) is 9.47 Å². The number of piperidine rings is 1. The Morgan fingerprint density at radius 3 is 2.65 bits per heavy atom. The van der Waals surface area contributed by atoms with Crippen LogP contribution in [0.25, 0.3) is 10.9 Å². The van der Waals surface area contributed by atoms with Gasteiger partial charge >= 0.3 is 6.09 Å². The minimum atomic E-state index is -0.850. The number of carbonyl (C=O) groups is 1. The van der Waals surface area contributed by atoms with Gasteiger partial charge in [-0.3, -0.25) is 0 Å². The molecule has 1 saturated heterocycles. The zero-order chi connectivity index (χ0) is 14.3. The summed E-state index contributed by atoms with van der Waals surface area (Å²) in [5, 5.41) is 9.89. The molecule has 3 rings (SSSR count). The van der Waals surface area contributed by atoms with E-state index in [2.05, 4.69) is 4.57 Å². The first-order valence-electron chi connectivity index (χ1n) is 6.50. The lowest BCUT2D eigenvalue weighted by Crippen LogP contribution is -2.37. The Labute approximate surface area is 129 Å². The molecule has 6 heteroatoms. The van der Waals surface area contributed by atoms with Crippen molar-refractivity contribution in [2.24, 2.45) is 0 Å². The quantitative estimate of drug-likeness (QED) is 0.758. The molecule has 0 aliphatic carbocycles. The second-order valence-corrected chi connectivity index (χ2v) is 6.10. The van der Waals surface area contributed by atoms with Gasteiger partial charge in [-0.25, -0.2) is 9.18 Å². The molecule has 1 aromatic heterocycles. The number of fused-ring (bicyclic) bond motifs is 1. The fraction of sp³-hybridized carbons (Fsp3) is 0.357. The Kier molecular flexibility index (Phi) is 3.57. The molecule has 20 heavy (non-hydrogen) atoms. The van der Waals surface area contributed by atoms with Crippen molar-refractivity contribution >= 4 is 39.6 Å². The van der Waals surface area contributed by atoms with E-state index in [-0.39, 0.29) is 11.9 Å². The van der Waals surface area contributed by atoms with Crippen molar-refractivity contribution in [2.75, 3.05) is 13.1 Å². The lowest BCUT2D eigenvalue weighted by molar-refractivity contribution is 0.126. The molecule has 1 aliphatic rings. The number of nitrogens with zero attached hydrogens (tertiary/aromatic N) is 2. The summed E-state index contributed by atoms with van der Waals surface area (Å²) in [6.45, 7) is 1.11. The van der Waals surface area contributed by atoms with E-state index >= 15 is 0 Å². The molecular formula is C14H14FIN2O2.